The van der Waals surface area contributed by atoms with E-state index in [2.05, 4.69) is 10.2 Å². The molecule has 0 saturated carbocycles. The van der Waals surface area contributed by atoms with E-state index in [4.69, 9.17) is 0 Å². The fraction of sp³-hybridized carbons (Fsp3) is 0.474. The van der Waals surface area contributed by atoms with Gasteiger partial charge in [-0.2, -0.15) is 0 Å². The molecule has 5 nitrogen and oxygen atoms in total. The summed E-state index contributed by atoms with van der Waals surface area (Å²) in [5.74, 6) is 0.263. The highest BCUT2D eigenvalue weighted by Crippen LogP contribution is 2.17. The number of nitrogens with one attached hydrogen (secondary N) is 1. The first kappa shape index (κ1) is 17.9. The molecule has 0 aliphatic carbocycles. The van der Waals surface area contributed by atoms with Crippen molar-refractivity contribution in [2.75, 3.05) is 19.6 Å². The zero-order valence-electron chi connectivity index (χ0n) is 14.6. The fourth-order valence-electron chi connectivity index (χ4n) is 3.26. The molecular weight excluding hydrogens is 334 g/mol. The molecule has 1 aromatic heterocycles. The highest BCUT2D eigenvalue weighted by Gasteiger charge is 2.24. The van der Waals surface area contributed by atoms with Gasteiger partial charge in [-0.1, -0.05) is 41.7 Å². The SMILES string of the molecule is Cc1csc(=O)n1CCN1CCC(C(=O)NCc2ccccc2)CC1. The topological polar surface area (TPSA) is 54.3 Å². The molecule has 1 N–H and O–H groups in total. The van der Waals surface area contributed by atoms with Crippen molar-refractivity contribution in [1.82, 2.24) is 14.8 Å². The molecule has 1 aliphatic heterocycles. The normalized spacial score (nSPS) is 16.0. The molecule has 25 heavy (non-hydrogen) atoms. The summed E-state index contributed by atoms with van der Waals surface area (Å²) in [5.41, 5.74) is 2.16. The summed E-state index contributed by atoms with van der Waals surface area (Å²) in [6.45, 7) is 6.01. The summed E-state index contributed by atoms with van der Waals surface area (Å²) in [4.78, 5) is 26.6. The van der Waals surface area contributed by atoms with E-state index in [0.717, 1.165) is 50.3 Å². The van der Waals surface area contributed by atoms with E-state index >= 15 is 0 Å². The molecule has 1 saturated heterocycles. The van der Waals surface area contributed by atoms with E-state index in [1.165, 1.54) is 11.3 Å². The van der Waals surface area contributed by atoms with Gasteiger partial charge in [0.1, 0.15) is 0 Å². The quantitative estimate of drug-likeness (QED) is 0.861. The number of hydrogen-bond donors (Lipinski definition) is 1. The van der Waals surface area contributed by atoms with Crippen molar-refractivity contribution in [2.45, 2.75) is 32.9 Å². The molecule has 0 unspecified atom stereocenters. The third-order valence-corrected chi connectivity index (χ3v) is 5.77. The summed E-state index contributed by atoms with van der Waals surface area (Å²) in [6.07, 6.45) is 1.77. The Labute approximate surface area is 152 Å². The van der Waals surface area contributed by atoms with Crippen molar-refractivity contribution in [3.8, 4) is 0 Å². The van der Waals surface area contributed by atoms with Crippen LogP contribution in [0.2, 0.25) is 0 Å². The van der Waals surface area contributed by atoms with Crippen LogP contribution in [0, 0.1) is 12.8 Å². The molecule has 3 rings (SSSR count). The highest BCUT2D eigenvalue weighted by molar-refractivity contribution is 7.07. The second-order valence-electron chi connectivity index (χ2n) is 6.61. The van der Waals surface area contributed by atoms with Crippen molar-refractivity contribution < 1.29 is 4.79 Å². The number of aromatic nitrogens is 1. The smallest absolute Gasteiger partial charge is 0.307 e. The Bertz CT molecular complexity index is 746. The molecule has 1 amide bonds. The maximum Gasteiger partial charge on any atom is 0.307 e. The van der Waals surface area contributed by atoms with E-state index in [0.29, 0.717) is 6.54 Å². The fourth-order valence-corrected chi connectivity index (χ4v) is 4.03. The molecule has 0 bridgehead atoms. The first-order valence-corrected chi connectivity index (χ1v) is 9.70. The summed E-state index contributed by atoms with van der Waals surface area (Å²) >= 11 is 1.26. The van der Waals surface area contributed by atoms with Crippen LogP contribution in [0.3, 0.4) is 0 Å². The zero-order chi connectivity index (χ0) is 17.6. The summed E-state index contributed by atoms with van der Waals surface area (Å²) in [6, 6.07) is 10.0. The Kier molecular flexibility index (Phi) is 6.04. The Morgan fingerprint density at radius 2 is 1.92 bits per heavy atom. The van der Waals surface area contributed by atoms with Crippen LogP contribution in [0.25, 0.3) is 0 Å². The number of carbonyl (C=O) groups is 1. The maximum atomic E-state index is 12.3. The van der Waals surface area contributed by atoms with Gasteiger partial charge < -0.3 is 14.8 Å². The van der Waals surface area contributed by atoms with Gasteiger partial charge >= 0.3 is 4.87 Å². The van der Waals surface area contributed by atoms with Crippen molar-refractivity contribution in [3.05, 3.63) is 56.6 Å². The van der Waals surface area contributed by atoms with Crippen LogP contribution in [0.4, 0.5) is 0 Å². The van der Waals surface area contributed by atoms with Crippen LogP contribution >= 0.6 is 11.3 Å². The maximum absolute atomic E-state index is 12.3. The molecule has 134 valence electrons. The van der Waals surface area contributed by atoms with E-state index < -0.39 is 0 Å². The van der Waals surface area contributed by atoms with Gasteiger partial charge in [-0.25, -0.2) is 0 Å². The second kappa shape index (κ2) is 8.45. The molecular formula is C19H25N3O2S. The van der Waals surface area contributed by atoms with E-state index in [9.17, 15) is 9.59 Å². The van der Waals surface area contributed by atoms with E-state index in [1.807, 2.05) is 47.2 Å². The van der Waals surface area contributed by atoms with Crippen LogP contribution in [0.15, 0.2) is 40.5 Å². The molecule has 2 heterocycles. The number of likely N-dealkylation sites (tertiary alicyclic amines) is 1. The number of nitrogens with zero attached hydrogens (tertiary/aromatic N) is 2. The van der Waals surface area contributed by atoms with Crippen LogP contribution in [0.1, 0.15) is 24.1 Å². The standard InChI is InChI=1S/C19H25N3O2S/c1-15-14-25-19(24)22(15)12-11-21-9-7-17(8-10-21)18(23)20-13-16-5-3-2-4-6-16/h2-6,14,17H,7-13H2,1H3,(H,20,23). The van der Waals surface area contributed by atoms with Crippen molar-refractivity contribution >= 4 is 17.2 Å². The van der Waals surface area contributed by atoms with Crippen molar-refractivity contribution in [3.63, 3.8) is 0 Å². The summed E-state index contributed by atoms with van der Waals surface area (Å²) < 4.78 is 1.84. The number of hydrogen-bond acceptors (Lipinski definition) is 4. The predicted molar refractivity (Wildman–Crippen MR) is 101 cm³/mol. The predicted octanol–water partition coefficient (Wildman–Crippen LogP) is 2.25. The average molecular weight is 359 g/mol. The minimum Gasteiger partial charge on any atom is -0.352 e. The zero-order valence-corrected chi connectivity index (χ0v) is 15.4. The van der Waals surface area contributed by atoms with Gasteiger partial charge in [0, 0.05) is 36.6 Å². The monoisotopic (exact) mass is 359 g/mol. The Morgan fingerprint density at radius 3 is 2.56 bits per heavy atom. The number of benzene rings is 1. The molecule has 1 aromatic carbocycles. The molecule has 1 aliphatic rings. The van der Waals surface area contributed by atoms with Gasteiger partial charge in [-0.15, -0.1) is 0 Å². The number of rotatable bonds is 6. The number of thiazole rings is 1. The first-order valence-electron chi connectivity index (χ1n) is 8.82. The first-order chi connectivity index (χ1) is 12.1. The van der Waals surface area contributed by atoms with Crippen LogP contribution in [-0.4, -0.2) is 35.0 Å². The Hall–Kier alpha value is -1.92. The van der Waals surface area contributed by atoms with Crippen LogP contribution in [0.5, 0.6) is 0 Å². The lowest BCUT2D eigenvalue weighted by molar-refractivity contribution is -0.126. The third kappa shape index (κ3) is 4.80. The van der Waals surface area contributed by atoms with Gasteiger partial charge in [0.25, 0.3) is 0 Å². The summed E-state index contributed by atoms with van der Waals surface area (Å²) in [5, 5.41) is 4.96. The lowest BCUT2D eigenvalue weighted by Crippen LogP contribution is -2.41. The lowest BCUT2D eigenvalue weighted by atomic mass is 9.96. The number of piperidine rings is 1. The average Bonchev–Trinajstić information content (AvgIpc) is 2.97. The minimum absolute atomic E-state index is 0.102. The van der Waals surface area contributed by atoms with Crippen molar-refractivity contribution in [2.24, 2.45) is 5.92 Å². The largest absolute Gasteiger partial charge is 0.352 e. The van der Waals surface area contributed by atoms with Crippen LogP contribution in [-0.2, 0) is 17.9 Å². The Balaban J connectivity index is 1.41. The Morgan fingerprint density at radius 1 is 1.20 bits per heavy atom. The van der Waals surface area contributed by atoms with Gasteiger partial charge in [0.15, 0.2) is 0 Å². The molecule has 6 heteroatoms. The number of amides is 1. The number of carbonyl (C=O) groups excluding carboxylic acids is 1. The van der Waals surface area contributed by atoms with Gasteiger partial charge in [0.2, 0.25) is 5.91 Å². The van der Waals surface area contributed by atoms with Gasteiger partial charge in [-0.3, -0.25) is 9.59 Å². The van der Waals surface area contributed by atoms with Gasteiger partial charge in [-0.05, 0) is 38.4 Å². The van der Waals surface area contributed by atoms with Crippen LogP contribution < -0.4 is 10.2 Å². The van der Waals surface area contributed by atoms with E-state index in [1.54, 1.807) is 0 Å². The number of aryl methyl sites for hydroxylation is 1. The van der Waals surface area contributed by atoms with Crippen molar-refractivity contribution in [1.29, 1.82) is 0 Å². The summed E-state index contributed by atoms with van der Waals surface area (Å²) in [7, 11) is 0. The minimum atomic E-state index is 0.102. The third-order valence-electron chi connectivity index (χ3n) is 4.88. The van der Waals surface area contributed by atoms with E-state index in [-0.39, 0.29) is 16.7 Å². The second-order valence-corrected chi connectivity index (χ2v) is 7.43. The molecule has 1 fully saturated rings. The molecule has 0 radical (unpaired) electrons. The highest BCUT2D eigenvalue weighted by atomic mass is 32.1. The van der Waals surface area contributed by atoms with Gasteiger partial charge in [0.05, 0.1) is 0 Å². The molecule has 0 spiro atoms. The molecule has 0 atom stereocenters. The molecule has 2 aromatic rings. The lowest BCUT2D eigenvalue weighted by Gasteiger charge is -2.31.